The van der Waals surface area contributed by atoms with Gasteiger partial charge in [-0.05, 0) is 30.7 Å². The summed E-state index contributed by atoms with van der Waals surface area (Å²) in [6, 6.07) is 1.50. The third-order valence-electron chi connectivity index (χ3n) is 2.40. The maximum absolute atomic E-state index is 12.7. The van der Waals surface area contributed by atoms with Gasteiger partial charge >= 0.3 is 12.2 Å². The standard InChI is InChI=1S/C10H9F3N3O/c11-10(12,13)6-4-8-7(15-9(17)16-8)3-5(6)1-2-14/h3-4H,1-2,14H2,(H,15,17). The average Bonchev–Trinajstić information content (AvgIpc) is 2.55. The van der Waals surface area contributed by atoms with Crippen molar-refractivity contribution in [2.24, 2.45) is 5.73 Å². The lowest BCUT2D eigenvalue weighted by molar-refractivity contribution is -0.138. The van der Waals surface area contributed by atoms with Gasteiger partial charge in [0.05, 0.1) is 16.9 Å². The molecule has 0 fully saturated rings. The highest BCUT2D eigenvalue weighted by atomic mass is 19.4. The van der Waals surface area contributed by atoms with Crippen molar-refractivity contribution in [3.8, 4) is 0 Å². The van der Waals surface area contributed by atoms with Gasteiger partial charge in [-0.2, -0.15) is 18.5 Å². The summed E-state index contributed by atoms with van der Waals surface area (Å²) in [6.07, 6.45) is -4.38. The quantitative estimate of drug-likeness (QED) is 0.835. The van der Waals surface area contributed by atoms with Crippen LogP contribution in [0.4, 0.5) is 29.3 Å². The fraction of sp³-hybridized carbons (Fsp3) is 0.300. The summed E-state index contributed by atoms with van der Waals surface area (Å²) < 4.78 is 38.2. The molecule has 0 atom stereocenters. The summed E-state index contributed by atoms with van der Waals surface area (Å²) in [7, 11) is 0. The molecule has 0 saturated carbocycles. The van der Waals surface area contributed by atoms with Gasteiger partial charge in [0.25, 0.3) is 0 Å². The van der Waals surface area contributed by atoms with Gasteiger partial charge in [0.1, 0.15) is 0 Å². The van der Waals surface area contributed by atoms with Gasteiger partial charge in [-0.3, -0.25) is 0 Å². The van der Waals surface area contributed by atoms with Crippen molar-refractivity contribution >= 4 is 17.4 Å². The van der Waals surface area contributed by atoms with Crippen LogP contribution in [0, 0.1) is 0 Å². The second-order valence-corrected chi connectivity index (χ2v) is 3.60. The molecule has 3 N–H and O–H groups in total. The number of amides is 2. The van der Waals surface area contributed by atoms with Crippen LogP contribution in [0.25, 0.3) is 0 Å². The Hall–Kier alpha value is -1.76. The molecule has 1 aromatic carbocycles. The van der Waals surface area contributed by atoms with Crippen molar-refractivity contribution in [2.45, 2.75) is 12.6 Å². The van der Waals surface area contributed by atoms with Gasteiger partial charge in [-0.25, -0.2) is 4.79 Å². The van der Waals surface area contributed by atoms with Crippen molar-refractivity contribution in [1.82, 2.24) is 5.32 Å². The van der Waals surface area contributed by atoms with E-state index in [4.69, 9.17) is 5.73 Å². The molecule has 0 saturated heterocycles. The molecule has 0 spiro atoms. The van der Waals surface area contributed by atoms with E-state index in [1.807, 2.05) is 0 Å². The first-order valence-electron chi connectivity index (χ1n) is 4.88. The summed E-state index contributed by atoms with van der Waals surface area (Å²) in [5.74, 6) is 0. The number of hydrogen-bond acceptors (Lipinski definition) is 2. The van der Waals surface area contributed by atoms with Crippen LogP contribution in [0.2, 0.25) is 0 Å². The molecule has 4 nitrogen and oxygen atoms in total. The van der Waals surface area contributed by atoms with Crippen LogP contribution in [0.5, 0.6) is 0 Å². The SMILES string of the molecule is NCCc1cc2c(cc1C(F)(F)F)[N]C(=O)N2. The molecule has 0 unspecified atom stereocenters. The zero-order valence-corrected chi connectivity index (χ0v) is 8.64. The van der Waals surface area contributed by atoms with E-state index in [2.05, 4.69) is 10.6 Å². The topological polar surface area (TPSA) is 69.2 Å². The Morgan fingerprint density at radius 3 is 2.65 bits per heavy atom. The summed E-state index contributed by atoms with van der Waals surface area (Å²) in [5, 5.41) is 5.81. The highest BCUT2D eigenvalue weighted by Gasteiger charge is 2.35. The predicted octanol–water partition coefficient (Wildman–Crippen LogP) is 1.99. The number of hydrogen-bond donors (Lipinski definition) is 2. The maximum Gasteiger partial charge on any atom is 0.416 e. The molecular formula is C10H9F3N3O. The minimum absolute atomic E-state index is 0.0168. The first-order valence-corrected chi connectivity index (χ1v) is 4.88. The van der Waals surface area contributed by atoms with E-state index in [-0.39, 0.29) is 24.2 Å². The molecule has 1 aromatic rings. The van der Waals surface area contributed by atoms with Crippen LogP contribution < -0.4 is 16.4 Å². The van der Waals surface area contributed by atoms with Crippen LogP contribution in [0.15, 0.2) is 12.1 Å². The average molecular weight is 244 g/mol. The lowest BCUT2D eigenvalue weighted by Gasteiger charge is -2.13. The summed E-state index contributed by atoms with van der Waals surface area (Å²) in [6.45, 7) is 0.104. The van der Waals surface area contributed by atoms with E-state index in [0.29, 0.717) is 5.69 Å². The molecule has 1 aliphatic heterocycles. The molecule has 1 aliphatic rings. The summed E-state index contributed by atoms with van der Waals surface area (Å²) in [4.78, 5) is 10.9. The summed E-state index contributed by atoms with van der Waals surface area (Å²) in [5.41, 5.74) is 4.86. The minimum Gasteiger partial charge on any atom is -0.330 e. The van der Waals surface area contributed by atoms with Crippen molar-refractivity contribution < 1.29 is 18.0 Å². The number of alkyl halides is 3. The zero-order valence-electron chi connectivity index (χ0n) is 8.64. The number of anilines is 1. The molecular weight excluding hydrogens is 235 g/mol. The fourth-order valence-electron chi connectivity index (χ4n) is 1.70. The normalized spacial score (nSPS) is 14.2. The highest BCUT2D eigenvalue weighted by molar-refractivity contribution is 6.02. The van der Waals surface area contributed by atoms with E-state index in [1.165, 1.54) is 6.07 Å². The molecule has 0 bridgehead atoms. The van der Waals surface area contributed by atoms with Gasteiger partial charge in [0.2, 0.25) is 0 Å². The molecule has 2 amide bonds. The van der Waals surface area contributed by atoms with Gasteiger partial charge in [-0.1, -0.05) is 0 Å². The zero-order chi connectivity index (χ0) is 12.6. The predicted molar refractivity (Wildman–Crippen MR) is 55.0 cm³/mol. The van der Waals surface area contributed by atoms with Crippen molar-refractivity contribution in [2.75, 3.05) is 11.9 Å². The Morgan fingerprint density at radius 2 is 2.06 bits per heavy atom. The molecule has 17 heavy (non-hydrogen) atoms. The number of nitrogens with two attached hydrogens (primary N) is 1. The molecule has 2 rings (SSSR count). The molecule has 1 radical (unpaired) electrons. The van der Waals surface area contributed by atoms with E-state index >= 15 is 0 Å². The number of benzene rings is 1. The number of nitrogens with one attached hydrogen (secondary N) is 1. The van der Waals surface area contributed by atoms with Crippen LogP contribution in [-0.4, -0.2) is 12.6 Å². The van der Waals surface area contributed by atoms with Crippen LogP contribution >= 0.6 is 0 Å². The number of nitrogens with zero attached hydrogens (tertiary/aromatic N) is 1. The van der Waals surface area contributed by atoms with E-state index in [0.717, 1.165) is 6.07 Å². The number of fused-ring (bicyclic) bond motifs is 1. The fourth-order valence-corrected chi connectivity index (χ4v) is 1.70. The smallest absolute Gasteiger partial charge is 0.330 e. The lowest BCUT2D eigenvalue weighted by Crippen LogP contribution is -2.12. The molecule has 0 aromatic heterocycles. The van der Waals surface area contributed by atoms with Crippen molar-refractivity contribution in [3.05, 3.63) is 23.3 Å². The van der Waals surface area contributed by atoms with E-state index in [1.54, 1.807) is 0 Å². The Labute approximate surface area is 95.0 Å². The van der Waals surface area contributed by atoms with Gasteiger partial charge < -0.3 is 11.1 Å². The number of carbonyl (C=O) groups excluding carboxylic acids is 1. The second-order valence-electron chi connectivity index (χ2n) is 3.60. The first-order chi connectivity index (χ1) is 7.91. The van der Waals surface area contributed by atoms with Gasteiger partial charge in [0.15, 0.2) is 0 Å². The molecule has 7 heteroatoms. The maximum atomic E-state index is 12.7. The third-order valence-corrected chi connectivity index (χ3v) is 2.40. The van der Waals surface area contributed by atoms with Crippen LogP contribution in [-0.2, 0) is 12.6 Å². The Morgan fingerprint density at radius 1 is 1.35 bits per heavy atom. The van der Waals surface area contributed by atoms with Crippen molar-refractivity contribution in [1.29, 1.82) is 0 Å². The van der Waals surface area contributed by atoms with E-state index in [9.17, 15) is 18.0 Å². The number of halogens is 3. The monoisotopic (exact) mass is 244 g/mol. The molecule has 91 valence electrons. The lowest BCUT2D eigenvalue weighted by atomic mass is 10.0. The van der Waals surface area contributed by atoms with Crippen molar-refractivity contribution in [3.63, 3.8) is 0 Å². The number of carbonyl (C=O) groups is 1. The molecule has 1 heterocycles. The van der Waals surface area contributed by atoms with Gasteiger partial charge in [-0.15, -0.1) is 0 Å². The largest absolute Gasteiger partial charge is 0.416 e. The number of rotatable bonds is 2. The Balaban J connectivity index is 2.51. The minimum atomic E-state index is -4.47. The second kappa shape index (κ2) is 3.92. The third kappa shape index (κ3) is 2.19. The van der Waals surface area contributed by atoms with Crippen LogP contribution in [0.3, 0.4) is 0 Å². The van der Waals surface area contributed by atoms with Crippen LogP contribution in [0.1, 0.15) is 11.1 Å². The Bertz CT molecular complexity index is 471. The molecule has 0 aliphatic carbocycles. The first kappa shape index (κ1) is 11.7. The highest BCUT2D eigenvalue weighted by Crippen LogP contribution is 2.39. The number of urea groups is 1. The van der Waals surface area contributed by atoms with Gasteiger partial charge in [0, 0.05) is 0 Å². The van der Waals surface area contributed by atoms with E-state index < -0.39 is 17.8 Å². The summed E-state index contributed by atoms with van der Waals surface area (Å²) >= 11 is 0. The Kier molecular flexibility index (Phi) is 2.70.